The molecule has 1 aliphatic heterocycles. The van der Waals surface area contributed by atoms with Crippen molar-refractivity contribution in [3.63, 3.8) is 0 Å². The first-order chi connectivity index (χ1) is 29.3. The molecule has 1 aliphatic carbocycles. The topological polar surface area (TPSA) is 21.3 Å². The molecule has 59 heavy (non-hydrogen) atoms. The van der Waals surface area contributed by atoms with Gasteiger partial charge in [-0.15, -0.1) is 0 Å². The van der Waals surface area contributed by atoms with E-state index in [1.807, 2.05) is 6.07 Å². The third-order valence-electron chi connectivity index (χ3n) is 12.6. The van der Waals surface area contributed by atoms with Crippen molar-refractivity contribution >= 4 is 83.9 Å². The maximum atomic E-state index is 6.63. The molecule has 0 bridgehead atoms. The highest BCUT2D eigenvalue weighted by Gasteiger charge is 2.47. The second-order valence-corrected chi connectivity index (χ2v) is 19.3. The van der Waals surface area contributed by atoms with Crippen molar-refractivity contribution in [1.82, 2.24) is 4.57 Å². The first-order valence-electron chi connectivity index (χ1n) is 20.4. The van der Waals surface area contributed by atoms with Crippen LogP contribution in [0.2, 0.25) is 0 Å². The monoisotopic (exact) mass is 770 g/mol. The Kier molecular flexibility index (Phi) is 7.62. The Bertz CT molecular complexity index is 3280. The van der Waals surface area contributed by atoms with Gasteiger partial charge in [0, 0.05) is 44.8 Å². The zero-order valence-electron chi connectivity index (χ0n) is 32.2. The molecule has 0 spiro atoms. The summed E-state index contributed by atoms with van der Waals surface area (Å²) in [4.78, 5) is 2.48. The third kappa shape index (κ3) is 4.94. The molecule has 0 N–H and O–H groups in total. The molecule has 1 atom stereocenters. The van der Waals surface area contributed by atoms with E-state index >= 15 is 0 Å². The highest BCUT2D eigenvalue weighted by Crippen LogP contribution is 2.49. The number of anilines is 2. The molecule has 278 valence electrons. The first-order valence-corrected chi connectivity index (χ1v) is 22.4. The number of para-hydroxylation sites is 3. The minimum atomic E-state index is -2.98. The average molecular weight is 771 g/mol. The van der Waals surface area contributed by atoms with Crippen LogP contribution < -0.4 is 25.6 Å². The van der Waals surface area contributed by atoms with Crippen LogP contribution >= 0.6 is 0 Å². The third-order valence-corrected chi connectivity index (χ3v) is 17.4. The number of benzene rings is 8. The van der Waals surface area contributed by atoms with Gasteiger partial charge in [0.05, 0.1) is 16.4 Å². The van der Waals surface area contributed by atoms with Crippen molar-refractivity contribution in [3.05, 3.63) is 236 Å². The molecule has 3 heterocycles. The van der Waals surface area contributed by atoms with Crippen LogP contribution in [0.25, 0.3) is 49.4 Å². The van der Waals surface area contributed by atoms with E-state index in [2.05, 4.69) is 228 Å². The van der Waals surface area contributed by atoms with Gasteiger partial charge in [-0.05, 0) is 87.0 Å². The minimum absolute atomic E-state index is 0.0858. The molecular formula is C55H38N2OSi. The summed E-state index contributed by atoms with van der Waals surface area (Å²) >= 11 is 0. The fourth-order valence-electron chi connectivity index (χ4n) is 10.2. The molecule has 0 radical (unpaired) electrons. The standard InChI is InChI=1S/C55H38N2OSi/c1-5-18-38(19-6-1)56-47-27-12-4-11-25-45(47)53-49(56)29-17-31-52(53)59(40-20-7-2-8-21-40,41-22-9-3-10-23-41)42-34-32-39(33-35-42)57-48-28-15-13-26-46(48)54-50(57)37-36-44-43-24-14-16-30-51(43)58-55(44)54/h1-37,45H. The van der Waals surface area contributed by atoms with Crippen LogP contribution in [0.4, 0.5) is 11.4 Å². The second kappa shape index (κ2) is 13.3. The fourth-order valence-corrected chi connectivity index (χ4v) is 15.2. The van der Waals surface area contributed by atoms with Crippen LogP contribution in [0, 0.1) is 0 Å². The average Bonchev–Trinajstić information content (AvgIpc) is 3.88. The van der Waals surface area contributed by atoms with Gasteiger partial charge >= 0.3 is 0 Å². The number of aromatic nitrogens is 1. The summed E-state index contributed by atoms with van der Waals surface area (Å²) in [5.41, 5.74) is 10.3. The van der Waals surface area contributed by atoms with E-state index in [0.29, 0.717) is 0 Å². The number of allylic oxidation sites excluding steroid dienone is 5. The van der Waals surface area contributed by atoms with Crippen molar-refractivity contribution < 1.29 is 4.42 Å². The molecule has 0 fully saturated rings. The summed E-state index contributed by atoms with van der Waals surface area (Å²) in [6.45, 7) is 0. The number of fused-ring (bicyclic) bond motifs is 10. The Balaban J connectivity index is 1.12. The Hall–Kier alpha value is -7.40. The lowest BCUT2D eigenvalue weighted by Crippen LogP contribution is -2.75. The minimum Gasteiger partial charge on any atom is -0.455 e. The summed E-state index contributed by atoms with van der Waals surface area (Å²) in [5.74, 6) is 0.0858. The summed E-state index contributed by atoms with van der Waals surface area (Å²) in [7, 11) is -2.98. The predicted molar refractivity (Wildman–Crippen MR) is 249 cm³/mol. The molecule has 4 heteroatoms. The SMILES string of the molecule is C1=CC=C2C(C=C1)c1c(cccc1[Si](c1ccccc1)(c1ccccc1)c1ccc(-n3c4ccccc4c4c5oc6ccccc6c5ccc43)cc1)N2c1ccccc1. The highest BCUT2D eigenvalue weighted by molar-refractivity contribution is 7.20. The van der Waals surface area contributed by atoms with Crippen LogP contribution in [0.3, 0.4) is 0 Å². The van der Waals surface area contributed by atoms with E-state index in [0.717, 1.165) is 44.0 Å². The van der Waals surface area contributed by atoms with Gasteiger partial charge in [0.1, 0.15) is 11.2 Å². The quantitative estimate of drug-likeness (QED) is 0.124. The Labute approximate surface area is 343 Å². The van der Waals surface area contributed by atoms with Gasteiger partial charge in [-0.1, -0.05) is 164 Å². The number of nitrogens with zero attached hydrogens (tertiary/aromatic N) is 2. The molecule has 3 nitrogen and oxygen atoms in total. The van der Waals surface area contributed by atoms with Crippen LogP contribution in [0.15, 0.2) is 235 Å². The van der Waals surface area contributed by atoms with Crippen molar-refractivity contribution in [2.24, 2.45) is 0 Å². The zero-order chi connectivity index (χ0) is 38.9. The number of hydrogen-bond donors (Lipinski definition) is 0. The molecule has 0 saturated heterocycles. The molecule has 2 aliphatic rings. The highest BCUT2D eigenvalue weighted by atomic mass is 28.3. The normalized spacial score (nSPS) is 14.9. The summed E-state index contributed by atoms with van der Waals surface area (Å²) in [5, 5.41) is 10.1. The predicted octanol–water partition coefficient (Wildman–Crippen LogP) is 11.3. The van der Waals surface area contributed by atoms with Gasteiger partial charge in [0.15, 0.2) is 8.07 Å². The van der Waals surface area contributed by atoms with Gasteiger partial charge in [-0.2, -0.15) is 0 Å². The molecule has 1 unspecified atom stereocenters. The summed E-state index contributed by atoms with van der Waals surface area (Å²) in [6.07, 6.45) is 11.2. The number of furan rings is 1. The van der Waals surface area contributed by atoms with E-state index in [4.69, 9.17) is 4.42 Å². The lowest BCUT2D eigenvalue weighted by Gasteiger charge is -2.36. The molecule has 0 saturated carbocycles. The maximum Gasteiger partial charge on any atom is 0.180 e. The van der Waals surface area contributed by atoms with Crippen LogP contribution in [-0.4, -0.2) is 12.6 Å². The number of hydrogen-bond acceptors (Lipinski definition) is 2. The van der Waals surface area contributed by atoms with Gasteiger partial charge < -0.3 is 13.9 Å². The van der Waals surface area contributed by atoms with E-state index in [9.17, 15) is 0 Å². The molecular weight excluding hydrogens is 733 g/mol. The molecule has 8 aromatic carbocycles. The van der Waals surface area contributed by atoms with E-state index in [-0.39, 0.29) is 5.92 Å². The number of rotatable bonds is 6. The Morgan fingerprint density at radius 1 is 0.458 bits per heavy atom. The van der Waals surface area contributed by atoms with Crippen molar-refractivity contribution in [2.75, 3.05) is 4.90 Å². The maximum absolute atomic E-state index is 6.63. The second-order valence-electron chi connectivity index (χ2n) is 15.6. The van der Waals surface area contributed by atoms with Crippen LogP contribution in [0.1, 0.15) is 11.5 Å². The first kappa shape index (κ1) is 33.7. The largest absolute Gasteiger partial charge is 0.455 e. The van der Waals surface area contributed by atoms with Crippen LogP contribution in [-0.2, 0) is 0 Å². The molecule has 10 aromatic rings. The van der Waals surface area contributed by atoms with Gasteiger partial charge in [-0.25, -0.2) is 0 Å². The fraction of sp³-hybridized carbons (Fsp3) is 0.0182. The lowest BCUT2D eigenvalue weighted by molar-refractivity contribution is 0.673. The van der Waals surface area contributed by atoms with Gasteiger partial charge in [-0.3, -0.25) is 0 Å². The Morgan fingerprint density at radius 2 is 1.12 bits per heavy atom. The van der Waals surface area contributed by atoms with E-state index in [1.165, 1.54) is 48.8 Å². The molecule has 2 aromatic heterocycles. The van der Waals surface area contributed by atoms with Crippen molar-refractivity contribution in [2.45, 2.75) is 5.92 Å². The summed E-state index contributed by atoms with van der Waals surface area (Å²) in [6, 6.07) is 71.6. The smallest absolute Gasteiger partial charge is 0.180 e. The summed E-state index contributed by atoms with van der Waals surface area (Å²) < 4.78 is 9.04. The van der Waals surface area contributed by atoms with Gasteiger partial charge in [0.25, 0.3) is 0 Å². The molecule has 0 amide bonds. The lowest BCUT2D eigenvalue weighted by atomic mass is 9.98. The zero-order valence-corrected chi connectivity index (χ0v) is 33.2. The van der Waals surface area contributed by atoms with Crippen LogP contribution in [0.5, 0.6) is 0 Å². The van der Waals surface area contributed by atoms with E-state index in [1.54, 1.807) is 0 Å². The molecule has 12 rings (SSSR count). The van der Waals surface area contributed by atoms with Crippen molar-refractivity contribution in [3.8, 4) is 5.69 Å². The van der Waals surface area contributed by atoms with Crippen molar-refractivity contribution in [1.29, 1.82) is 0 Å². The van der Waals surface area contributed by atoms with Gasteiger partial charge in [0.2, 0.25) is 0 Å². The van der Waals surface area contributed by atoms with E-state index < -0.39 is 8.07 Å². The Morgan fingerprint density at radius 3 is 1.88 bits per heavy atom.